The molecule has 0 aliphatic carbocycles. The average molecular weight is 486 g/mol. The van der Waals surface area contributed by atoms with Crippen molar-refractivity contribution in [1.29, 1.82) is 0 Å². The van der Waals surface area contributed by atoms with Crippen LogP contribution in [0.5, 0.6) is 0 Å². The summed E-state index contributed by atoms with van der Waals surface area (Å²) in [5.74, 6) is -2.96. The molecule has 30 heavy (non-hydrogen) atoms. The number of pyridine rings is 1. The minimum absolute atomic E-state index is 0.0529. The fraction of sp³-hybridized carbons (Fsp3) is 0.571. The zero-order valence-corrected chi connectivity index (χ0v) is 19.5. The first-order chi connectivity index (χ1) is 14.0. The number of esters is 2. The lowest BCUT2D eigenvalue weighted by molar-refractivity contribution is -0.168. The van der Waals surface area contributed by atoms with E-state index >= 15 is 0 Å². The second kappa shape index (κ2) is 11.3. The molecule has 0 amide bonds. The summed E-state index contributed by atoms with van der Waals surface area (Å²) in [6.07, 6.45) is 2.54. The van der Waals surface area contributed by atoms with Gasteiger partial charge < -0.3 is 14.2 Å². The van der Waals surface area contributed by atoms with Gasteiger partial charge in [-0.25, -0.2) is 0 Å². The molecule has 166 valence electrons. The zero-order valence-electron chi connectivity index (χ0n) is 18.0. The average Bonchev–Trinajstić information content (AvgIpc) is 2.63. The number of carbonyl (C=O) groups is 4. The Hall–Kier alpha value is -2.13. The van der Waals surface area contributed by atoms with Crippen LogP contribution in [-0.4, -0.2) is 54.4 Å². The molecule has 1 heterocycles. The van der Waals surface area contributed by atoms with Crippen molar-refractivity contribution < 1.29 is 33.4 Å². The van der Waals surface area contributed by atoms with Crippen molar-refractivity contribution in [2.24, 2.45) is 5.41 Å². The second-order valence-electron chi connectivity index (χ2n) is 7.64. The van der Waals surface area contributed by atoms with Gasteiger partial charge in [0.15, 0.2) is 17.0 Å². The normalized spacial score (nSPS) is 13.3. The maximum atomic E-state index is 13.5. The second-order valence-corrected chi connectivity index (χ2v) is 8.56. The fourth-order valence-corrected chi connectivity index (χ4v) is 3.19. The smallest absolute Gasteiger partial charge is 0.328 e. The van der Waals surface area contributed by atoms with Crippen LogP contribution in [0.3, 0.4) is 0 Å². The molecule has 0 spiro atoms. The lowest BCUT2D eigenvalue weighted by atomic mass is 9.73. The Kier molecular flexibility index (Phi) is 9.77. The predicted octanol–water partition coefficient (Wildman–Crippen LogP) is 3.30. The van der Waals surface area contributed by atoms with Gasteiger partial charge >= 0.3 is 11.9 Å². The Bertz CT molecular complexity index is 788. The number of ether oxygens (including phenoxy) is 3. The van der Waals surface area contributed by atoms with Crippen LogP contribution < -0.4 is 0 Å². The zero-order chi connectivity index (χ0) is 22.9. The van der Waals surface area contributed by atoms with Crippen molar-refractivity contribution in [3.05, 3.63) is 28.5 Å². The number of carbonyl (C=O) groups excluding carboxylic acids is 4. The lowest BCUT2D eigenvalue weighted by Crippen LogP contribution is -2.51. The van der Waals surface area contributed by atoms with Gasteiger partial charge in [0.05, 0.1) is 6.61 Å². The van der Waals surface area contributed by atoms with Crippen LogP contribution in [0.1, 0.15) is 57.3 Å². The first-order valence-corrected chi connectivity index (χ1v) is 10.3. The van der Waals surface area contributed by atoms with E-state index in [1.54, 1.807) is 27.7 Å². The van der Waals surface area contributed by atoms with Gasteiger partial charge in [-0.15, -0.1) is 0 Å². The van der Waals surface area contributed by atoms with E-state index in [9.17, 15) is 19.2 Å². The van der Waals surface area contributed by atoms with E-state index in [-0.39, 0.29) is 31.4 Å². The highest BCUT2D eigenvalue weighted by molar-refractivity contribution is 9.10. The number of methoxy groups -OCH3 is 1. The number of aromatic nitrogens is 1. The lowest BCUT2D eigenvalue weighted by Gasteiger charge is -2.32. The summed E-state index contributed by atoms with van der Waals surface area (Å²) in [5.41, 5.74) is -3.04. The van der Waals surface area contributed by atoms with Crippen LogP contribution in [0.15, 0.2) is 22.9 Å². The first-order valence-electron chi connectivity index (χ1n) is 9.54. The summed E-state index contributed by atoms with van der Waals surface area (Å²) in [6, 6.07) is 1.47. The molecule has 9 heteroatoms. The molecule has 1 aromatic rings. The van der Waals surface area contributed by atoms with Gasteiger partial charge in [-0.2, -0.15) is 0 Å². The largest absolute Gasteiger partial charge is 0.466 e. The van der Waals surface area contributed by atoms with Crippen molar-refractivity contribution in [2.45, 2.75) is 52.6 Å². The number of hydrogen-bond acceptors (Lipinski definition) is 8. The van der Waals surface area contributed by atoms with Gasteiger partial charge in [-0.05, 0) is 62.5 Å². The quantitative estimate of drug-likeness (QED) is 0.266. The molecule has 0 radical (unpaired) electrons. The van der Waals surface area contributed by atoms with Gasteiger partial charge in [0, 0.05) is 36.0 Å². The minimum Gasteiger partial charge on any atom is -0.466 e. The van der Waals surface area contributed by atoms with Crippen molar-refractivity contribution >= 4 is 39.4 Å². The Morgan fingerprint density at radius 3 is 2.33 bits per heavy atom. The number of hydrogen-bond donors (Lipinski definition) is 0. The molecule has 0 aromatic carbocycles. The van der Waals surface area contributed by atoms with E-state index in [1.807, 2.05) is 0 Å². The molecule has 8 nitrogen and oxygen atoms in total. The molecular weight excluding hydrogens is 458 g/mol. The van der Waals surface area contributed by atoms with Gasteiger partial charge in [-0.3, -0.25) is 24.2 Å². The molecule has 0 saturated carbocycles. The molecule has 1 atom stereocenters. The van der Waals surface area contributed by atoms with Crippen LogP contribution in [0.4, 0.5) is 0 Å². The number of ketones is 2. The Balaban J connectivity index is 3.44. The minimum atomic E-state index is -2.17. The summed E-state index contributed by atoms with van der Waals surface area (Å²) in [6.45, 7) is 6.34. The maximum absolute atomic E-state index is 13.5. The monoisotopic (exact) mass is 485 g/mol. The van der Waals surface area contributed by atoms with Crippen molar-refractivity contribution in [3.8, 4) is 0 Å². The molecule has 0 bridgehead atoms. The Labute approximate surface area is 184 Å². The molecule has 0 aliphatic heterocycles. The van der Waals surface area contributed by atoms with Crippen LogP contribution in [0.25, 0.3) is 0 Å². The number of Topliss-reactive ketones (excluding diaryl/α,β-unsaturated/α-hetero) is 2. The highest BCUT2D eigenvalue weighted by atomic mass is 79.9. The third kappa shape index (κ3) is 6.98. The maximum Gasteiger partial charge on any atom is 0.328 e. The van der Waals surface area contributed by atoms with E-state index in [4.69, 9.17) is 14.2 Å². The summed E-state index contributed by atoms with van der Waals surface area (Å²) in [5, 5.41) is 0. The molecule has 0 saturated heterocycles. The highest BCUT2D eigenvalue weighted by Crippen LogP contribution is 2.35. The summed E-state index contributed by atoms with van der Waals surface area (Å²) >= 11 is 3.24. The molecular formula is C21H28BrNO7. The standard InChI is InChI=1S/C21H28BrNO7/c1-6-29-17(25)8-7-9-21(16(24)13-28-5,19(27)30-20(2,3)4)18(26)14-10-15(22)12-23-11-14/h10-12H,6-9,13H2,1-5H3. The van der Waals surface area contributed by atoms with E-state index in [2.05, 4.69) is 20.9 Å². The third-order valence-electron chi connectivity index (χ3n) is 4.09. The van der Waals surface area contributed by atoms with Gasteiger partial charge in [-0.1, -0.05) is 0 Å². The topological polar surface area (TPSA) is 109 Å². The van der Waals surface area contributed by atoms with Crippen LogP contribution in [0, 0.1) is 5.41 Å². The number of rotatable bonds is 11. The molecule has 1 unspecified atom stereocenters. The van der Waals surface area contributed by atoms with Crippen molar-refractivity contribution in [1.82, 2.24) is 4.98 Å². The van der Waals surface area contributed by atoms with Gasteiger partial charge in [0.1, 0.15) is 12.2 Å². The van der Waals surface area contributed by atoms with Crippen molar-refractivity contribution in [3.63, 3.8) is 0 Å². The summed E-state index contributed by atoms with van der Waals surface area (Å²) in [4.78, 5) is 55.6. The predicted molar refractivity (Wildman–Crippen MR) is 112 cm³/mol. The fourth-order valence-electron chi connectivity index (χ4n) is 2.82. The van der Waals surface area contributed by atoms with Crippen LogP contribution in [-0.2, 0) is 28.6 Å². The van der Waals surface area contributed by atoms with Gasteiger partial charge in [0.25, 0.3) is 0 Å². The summed E-state index contributed by atoms with van der Waals surface area (Å²) < 4.78 is 15.8. The molecule has 1 aromatic heterocycles. The molecule has 0 N–H and O–H groups in total. The van der Waals surface area contributed by atoms with Crippen LogP contribution in [0.2, 0.25) is 0 Å². The highest BCUT2D eigenvalue weighted by Gasteiger charge is 2.54. The van der Waals surface area contributed by atoms with E-state index < -0.39 is 41.1 Å². The SMILES string of the molecule is CCOC(=O)CCCC(C(=O)COC)(C(=O)OC(C)(C)C)C(=O)c1cncc(Br)c1. The molecule has 0 aliphatic rings. The van der Waals surface area contributed by atoms with Crippen LogP contribution >= 0.6 is 15.9 Å². The Morgan fingerprint density at radius 1 is 1.13 bits per heavy atom. The van der Waals surface area contributed by atoms with Gasteiger partial charge in [0.2, 0.25) is 0 Å². The summed E-state index contributed by atoms with van der Waals surface area (Å²) in [7, 11) is 1.29. The molecule has 0 fully saturated rings. The van der Waals surface area contributed by atoms with E-state index in [0.29, 0.717) is 4.47 Å². The number of nitrogens with zero attached hydrogens (tertiary/aromatic N) is 1. The first kappa shape index (κ1) is 25.9. The van der Waals surface area contributed by atoms with E-state index in [1.165, 1.54) is 25.6 Å². The number of halogens is 1. The molecule has 1 rings (SSSR count). The van der Waals surface area contributed by atoms with Crippen molar-refractivity contribution in [2.75, 3.05) is 20.3 Å². The van der Waals surface area contributed by atoms with E-state index in [0.717, 1.165) is 0 Å². The third-order valence-corrected chi connectivity index (χ3v) is 4.53. The Morgan fingerprint density at radius 2 is 1.80 bits per heavy atom.